The van der Waals surface area contributed by atoms with Gasteiger partial charge in [-0.3, -0.25) is 0 Å². The van der Waals surface area contributed by atoms with Gasteiger partial charge in [-0.05, 0) is 0 Å². The molecule has 0 saturated carbocycles. The molecule has 0 bridgehead atoms. The lowest BCUT2D eigenvalue weighted by molar-refractivity contribution is -0.157. The van der Waals surface area contributed by atoms with Crippen LogP contribution in [0.5, 0.6) is 0 Å². The first-order valence-corrected chi connectivity index (χ1v) is 3.16. The highest BCUT2D eigenvalue weighted by atomic mass is 16.7. The summed E-state index contributed by atoms with van der Waals surface area (Å²) in [5.41, 5.74) is 0. The summed E-state index contributed by atoms with van der Waals surface area (Å²) in [7, 11) is 0. The van der Waals surface area contributed by atoms with E-state index in [1.807, 2.05) is 6.92 Å². The maximum atomic E-state index is 5.20. The zero-order valence-electron chi connectivity index (χ0n) is 6.05. The van der Waals surface area contributed by atoms with Gasteiger partial charge in [0.25, 0.3) is 0 Å². The summed E-state index contributed by atoms with van der Waals surface area (Å²) in [6.07, 6.45) is 3.17. The molecule has 52 valence electrons. The lowest BCUT2D eigenvalue weighted by Gasteiger charge is -2.26. The molecule has 0 N–H and O–H groups in total. The van der Waals surface area contributed by atoms with Gasteiger partial charge in [0.05, 0.1) is 0 Å². The molecule has 9 heavy (non-hydrogen) atoms. The Bertz CT molecular complexity index is 119. The van der Waals surface area contributed by atoms with Gasteiger partial charge in [0.15, 0.2) is 0 Å². The largest absolute Gasteiger partial charge is 0.457 e. The van der Waals surface area contributed by atoms with Crippen LogP contribution in [-0.2, 0) is 9.47 Å². The van der Waals surface area contributed by atoms with E-state index in [2.05, 4.69) is 13.8 Å². The van der Waals surface area contributed by atoms with Gasteiger partial charge in [0, 0.05) is 12.8 Å². The van der Waals surface area contributed by atoms with E-state index in [9.17, 15) is 0 Å². The lowest BCUT2D eigenvalue weighted by Crippen LogP contribution is -2.31. The fourth-order valence-corrected chi connectivity index (χ4v) is 0.626. The smallest absolute Gasteiger partial charge is 0.249 e. The zero-order chi connectivity index (χ0) is 6.91. The molecule has 0 radical (unpaired) electrons. The summed E-state index contributed by atoms with van der Waals surface area (Å²) in [5.74, 6) is -0.0347. The highest BCUT2D eigenvalue weighted by Gasteiger charge is 2.33. The molecule has 1 aliphatic heterocycles. The molecule has 0 aromatic rings. The summed E-state index contributed by atoms with van der Waals surface area (Å²) in [4.78, 5) is 0. The SMILES string of the molecule is CC(C)C1(C)OC=CO1. The Balaban J connectivity index is 2.55. The van der Waals surface area contributed by atoms with Gasteiger partial charge in [-0.2, -0.15) is 0 Å². The van der Waals surface area contributed by atoms with Crippen LogP contribution in [0.25, 0.3) is 0 Å². The van der Waals surface area contributed by atoms with Gasteiger partial charge in [-0.15, -0.1) is 0 Å². The topological polar surface area (TPSA) is 18.5 Å². The fraction of sp³-hybridized carbons (Fsp3) is 0.714. The number of rotatable bonds is 1. The third-order valence-corrected chi connectivity index (χ3v) is 1.71. The second-order valence-electron chi connectivity index (χ2n) is 2.68. The van der Waals surface area contributed by atoms with E-state index < -0.39 is 5.79 Å². The van der Waals surface area contributed by atoms with Crippen LogP contribution in [0.2, 0.25) is 0 Å². The van der Waals surface area contributed by atoms with Crippen molar-refractivity contribution >= 4 is 0 Å². The quantitative estimate of drug-likeness (QED) is 0.536. The minimum Gasteiger partial charge on any atom is -0.457 e. The van der Waals surface area contributed by atoms with Crippen LogP contribution in [0.15, 0.2) is 12.5 Å². The second-order valence-corrected chi connectivity index (χ2v) is 2.68. The summed E-state index contributed by atoms with van der Waals surface area (Å²) in [6.45, 7) is 6.05. The number of hydrogen-bond donors (Lipinski definition) is 0. The normalized spacial score (nSPS) is 21.8. The predicted octanol–water partition coefficient (Wildman–Crippen LogP) is 1.88. The summed E-state index contributed by atoms with van der Waals surface area (Å²) < 4.78 is 10.4. The van der Waals surface area contributed by atoms with Crippen molar-refractivity contribution in [2.45, 2.75) is 26.6 Å². The monoisotopic (exact) mass is 128 g/mol. The molecule has 0 atom stereocenters. The van der Waals surface area contributed by atoms with Crippen molar-refractivity contribution in [2.75, 3.05) is 0 Å². The number of ether oxygens (including phenoxy) is 2. The van der Waals surface area contributed by atoms with E-state index in [1.54, 1.807) is 12.5 Å². The molecule has 1 aliphatic rings. The van der Waals surface area contributed by atoms with Gasteiger partial charge in [0.2, 0.25) is 5.79 Å². The molecule has 0 fully saturated rings. The standard InChI is InChI=1S/C7H12O2/c1-6(2)7(3)8-4-5-9-7/h4-6H,1-3H3. The van der Waals surface area contributed by atoms with Gasteiger partial charge in [0.1, 0.15) is 12.5 Å². The van der Waals surface area contributed by atoms with E-state index in [-0.39, 0.29) is 0 Å². The Morgan fingerprint density at radius 1 is 1.22 bits per heavy atom. The molecule has 0 amide bonds. The van der Waals surface area contributed by atoms with E-state index in [4.69, 9.17) is 9.47 Å². The molecule has 0 aliphatic carbocycles. The van der Waals surface area contributed by atoms with E-state index in [1.165, 1.54) is 0 Å². The van der Waals surface area contributed by atoms with Crippen molar-refractivity contribution in [3.63, 3.8) is 0 Å². The van der Waals surface area contributed by atoms with Crippen molar-refractivity contribution in [2.24, 2.45) is 5.92 Å². The van der Waals surface area contributed by atoms with Crippen LogP contribution in [0, 0.1) is 5.92 Å². The first kappa shape index (κ1) is 6.46. The Hall–Kier alpha value is -0.660. The van der Waals surface area contributed by atoms with Crippen molar-refractivity contribution in [3.8, 4) is 0 Å². The molecule has 1 heterocycles. The zero-order valence-corrected chi connectivity index (χ0v) is 6.05. The Morgan fingerprint density at radius 3 is 1.89 bits per heavy atom. The van der Waals surface area contributed by atoms with Crippen molar-refractivity contribution in [1.82, 2.24) is 0 Å². The van der Waals surface area contributed by atoms with Crippen LogP contribution < -0.4 is 0 Å². The van der Waals surface area contributed by atoms with E-state index >= 15 is 0 Å². The molecule has 0 saturated heterocycles. The van der Waals surface area contributed by atoms with Crippen LogP contribution >= 0.6 is 0 Å². The van der Waals surface area contributed by atoms with Crippen molar-refractivity contribution < 1.29 is 9.47 Å². The van der Waals surface area contributed by atoms with Crippen LogP contribution in [0.1, 0.15) is 20.8 Å². The maximum absolute atomic E-state index is 5.20. The Labute approximate surface area is 55.5 Å². The first-order valence-electron chi connectivity index (χ1n) is 3.16. The molecule has 0 spiro atoms. The second kappa shape index (κ2) is 1.94. The number of hydrogen-bond acceptors (Lipinski definition) is 2. The molecule has 0 aromatic heterocycles. The van der Waals surface area contributed by atoms with Gasteiger partial charge in [-0.1, -0.05) is 13.8 Å². The molecule has 0 aromatic carbocycles. The van der Waals surface area contributed by atoms with Gasteiger partial charge >= 0.3 is 0 Å². The first-order chi connectivity index (χ1) is 4.15. The van der Waals surface area contributed by atoms with Gasteiger partial charge in [-0.25, -0.2) is 0 Å². The lowest BCUT2D eigenvalue weighted by atomic mass is 10.1. The van der Waals surface area contributed by atoms with Crippen molar-refractivity contribution in [1.29, 1.82) is 0 Å². The summed E-state index contributed by atoms with van der Waals surface area (Å²) in [5, 5.41) is 0. The molecule has 2 heteroatoms. The van der Waals surface area contributed by atoms with Crippen molar-refractivity contribution in [3.05, 3.63) is 12.5 Å². The Morgan fingerprint density at radius 2 is 1.67 bits per heavy atom. The predicted molar refractivity (Wildman–Crippen MR) is 34.6 cm³/mol. The summed E-state index contributed by atoms with van der Waals surface area (Å²) in [6, 6.07) is 0. The molecule has 1 rings (SSSR count). The van der Waals surface area contributed by atoms with E-state index in [0.717, 1.165) is 0 Å². The minimum atomic E-state index is -0.417. The fourth-order valence-electron chi connectivity index (χ4n) is 0.626. The third-order valence-electron chi connectivity index (χ3n) is 1.71. The van der Waals surface area contributed by atoms with Crippen LogP contribution in [0.3, 0.4) is 0 Å². The molecular weight excluding hydrogens is 116 g/mol. The van der Waals surface area contributed by atoms with Crippen LogP contribution in [0.4, 0.5) is 0 Å². The molecular formula is C7H12O2. The average molecular weight is 128 g/mol. The molecule has 2 nitrogen and oxygen atoms in total. The average Bonchev–Trinajstić information content (AvgIpc) is 2.16. The molecule has 0 unspecified atom stereocenters. The van der Waals surface area contributed by atoms with Gasteiger partial charge < -0.3 is 9.47 Å². The highest BCUT2D eigenvalue weighted by molar-refractivity contribution is 4.82. The third kappa shape index (κ3) is 1.02. The Kier molecular flexibility index (Phi) is 1.39. The maximum Gasteiger partial charge on any atom is 0.249 e. The van der Waals surface area contributed by atoms with E-state index in [0.29, 0.717) is 5.92 Å². The minimum absolute atomic E-state index is 0.382. The highest BCUT2D eigenvalue weighted by Crippen LogP contribution is 2.27. The van der Waals surface area contributed by atoms with Crippen LogP contribution in [-0.4, -0.2) is 5.79 Å². The summed E-state index contributed by atoms with van der Waals surface area (Å²) >= 11 is 0.